The summed E-state index contributed by atoms with van der Waals surface area (Å²) in [5.74, 6) is 2.60. The monoisotopic (exact) mass is 456 g/mol. The number of aliphatic hydroxyl groups excluding tert-OH is 1. The zero-order valence-corrected chi connectivity index (χ0v) is 19.6. The van der Waals surface area contributed by atoms with Crippen LogP contribution >= 0.6 is 0 Å². The number of allylic oxidation sites excluding steroid dienone is 9. The van der Waals surface area contributed by atoms with Gasteiger partial charge in [-0.1, -0.05) is 24.3 Å². The Labute approximate surface area is 199 Å². The standard InChI is InChI=1S/C26H28N6O2/c1-4-7-19(5-2)23-16-18(3)28-24-17-32(25(23)33)31-26(30-24)29-20-8-6-9-21(11-10-20)34-22-12-14-27-15-13-22/h4-8,10-15,33H,9,16-17H2,1-3H3,(H,29,31)/b7-4-,19-5+,25-23-,28-18?. The van der Waals surface area contributed by atoms with E-state index in [2.05, 4.69) is 25.4 Å². The number of nitrogens with zero attached hydrogens (tertiary/aromatic N) is 5. The summed E-state index contributed by atoms with van der Waals surface area (Å²) < 4.78 is 5.91. The summed E-state index contributed by atoms with van der Waals surface area (Å²) in [6.07, 6.45) is 18.1. The second kappa shape index (κ2) is 10.6. The molecule has 1 aromatic rings. The van der Waals surface area contributed by atoms with Crippen molar-refractivity contribution in [3.05, 3.63) is 95.5 Å². The molecule has 2 N–H and O–H groups in total. The lowest BCUT2D eigenvalue weighted by Crippen LogP contribution is -2.49. The van der Waals surface area contributed by atoms with Crippen molar-refractivity contribution in [3.63, 3.8) is 0 Å². The second-order valence-electron chi connectivity index (χ2n) is 7.85. The van der Waals surface area contributed by atoms with E-state index < -0.39 is 0 Å². The Morgan fingerprint density at radius 3 is 2.79 bits per heavy atom. The number of ether oxygens (including phenoxy) is 1. The molecule has 0 aromatic carbocycles. The molecule has 8 nitrogen and oxygen atoms in total. The first-order valence-corrected chi connectivity index (χ1v) is 11.2. The number of amidine groups is 1. The highest BCUT2D eigenvalue weighted by Crippen LogP contribution is 2.24. The maximum absolute atomic E-state index is 11.1. The molecule has 174 valence electrons. The lowest BCUT2D eigenvalue weighted by Gasteiger charge is -2.31. The first-order chi connectivity index (χ1) is 16.6. The topological polar surface area (TPSA) is 94.7 Å². The van der Waals surface area contributed by atoms with Crippen molar-refractivity contribution in [2.45, 2.75) is 33.6 Å². The van der Waals surface area contributed by atoms with E-state index in [1.165, 1.54) is 0 Å². The van der Waals surface area contributed by atoms with Crippen LogP contribution in [-0.2, 0) is 0 Å². The summed E-state index contributed by atoms with van der Waals surface area (Å²) in [6, 6.07) is 3.63. The van der Waals surface area contributed by atoms with Crippen LogP contribution in [-0.4, -0.2) is 39.2 Å². The molecule has 0 spiro atoms. The highest BCUT2D eigenvalue weighted by molar-refractivity contribution is 6.06. The number of guanidine groups is 1. The number of nitrogens with one attached hydrogen (secondary N) is 1. The summed E-state index contributed by atoms with van der Waals surface area (Å²) in [7, 11) is 0. The van der Waals surface area contributed by atoms with E-state index in [1.807, 2.05) is 75.4 Å². The van der Waals surface area contributed by atoms with Crippen LogP contribution in [0.25, 0.3) is 0 Å². The van der Waals surface area contributed by atoms with E-state index in [0.29, 0.717) is 36.9 Å². The van der Waals surface area contributed by atoms with Gasteiger partial charge in [0.2, 0.25) is 11.8 Å². The van der Waals surface area contributed by atoms with E-state index in [9.17, 15) is 5.11 Å². The molecule has 0 amide bonds. The predicted octanol–water partition coefficient (Wildman–Crippen LogP) is 4.92. The van der Waals surface area contributed by atoms with Crippen molar-refractivity contribution in [2.24, 2.45) is 15.0 Å². The van der Waals surface area contributed by atoms with E-state index in [0.717, 1.165) is 28.4 Å². The van der Waals surface area contributed by atoms with Gasteiger partial charge in [0.1, 0.15) is 18.1 Å². The van der Waals surface area contributed by atoms with Crippen LogP contribution in [0, 0.1) is 0 Å². The highest BCUT2D eigenvalue weighted by atomic mass is 16.5. The van der Waals surface area contributed by atoms with Gasteiger partial charge in [-0.2, -0.15) is 4.99 Å². The van der Waals surface area contributed by atoms with Gasteiger partial charge in [0.05, 0.1) is 5.70 Å². The van der Waals surface area contributed by atoms with Gasteiger partial charge in [-0.15, -0.1) is 0 Å². The molecule has 0 saturated heterocycles. The number of fused-ring (bicyclic) bond motifs is 2. The molecule has 0 atom stereocenters. The zero-order chi connectivity index (χ0) is 23.9. The van der Waals surface area contributed by atoms with Gasteiger partial charge in [-0.25, -0.2) is 15.0 Å². The summed E-state index contributed by atoms with van der Waals surface area (Å²) in [5, 5.41) is 12.8. The molecular formula is C26H28N6O2. The maximum Gasteiger partial charge on any atom is 0.244 e. The number of hydrogen-bond acceptors (Lipinski definition) is 6. The maximum atomic E-state index is 11.1. The minimum Gasteiger partial charge on any atom is -0.493 e. The fourth-order valence-electron chi connectivity index (χ4n) is 3.69. The fourth-order valence-corrected chi connectivity index (χ4v) is 3.69. The van der Waals surface area contributed by atoms with Gasteiger partial charge in [-0.3, -0.25) is 10.4 Å². The van der Waals surface area contributed by atoms with Crippen LogP contribution in [0.2, 0.25) is 0 Å². The molecule has 0 fully saturated rings. The summed E-state index contributed by atoms with van der Waals surface area (Å²) >= 11 is 0. The molecule has 0 saturated carbocycles. The van der Waals surface area contributed by atoms with Crippen molar-refractivity contribution >= 4 is 17.5 Å². The van der Waals surface area contributed by atoms with Crippen LogP contribution in [0.1, 0.15) is 33.6 Å². The molecule has 3 aliphatic rings. The first kappa shape index (κ1) is 23.0. The van der Waals surface area contributed by atoms with Crippen molar-refractivity contribution in [2.75, 3.05) is 6.54 Å². The summed E-state index contributed by atoms with van der Waals surface area (Å²) in [4.78, 5) is 17.9. The van der Waals surface area contributed by atoms with Crippen LogP contribution in [0.5, 0.6) is 5.75 Å². The van der Waals surface area contributed by atoms with E-state index in [4.69, 9.17) is 4.74 Å². The number of hydrogen-bond donors (Lipinski definition) is 2. The summed E-state index contributed by atoms with van der Waals surface area (Å²) in [5.41, 5.74) is 6.44. The Morgan fingerprint density at radius 2 is 2.03 bits per heavy atom. The summed E-state index contributed by atoms with van der Waals surface area (Å²) in [6.45, 7) is 6.18. The van der Waals surface area contributed by atoms with Gasteiger partial charge in [-0.05, 0) is 56.7 Å². The van der Waals surface area contributed by atoms with E-state index >= 15 is 0 Å². The third-order valence-corrected chi connectivity index (χ3v) is 5.23. The predicted molar refractivity (Wildman–Crippen MR) is 135 cm³/mol. The van der Waals surface area contributed by atoms with Crippen molar-refractivity contribution in [3.8, 4) is 5.75 Å². The Morgan fingerprint density at radius 1 is 1.21 bits per heavy atom. The van der Waals surface area contributed by atoms with Crippen LogP contribution in [0.15, 0.2) is 111 Å². The molecule has 2 bridgehead atoms. The Balaban J connectivity index is 1.62. The lowest BCUT2D eigenvalue weighted by molar-refractivity contribution is 0.186. The van der Waals surface area contributed by atoms with Crippen LogP contribution in [0.3, 0.4) is 0 Å². The van der Waals surface area contributed by atoms with Gasteiger partial charge < -0.3 is 9.84 Å². The largest absolute Gasteiger partial charge is 0.493 e. The number of rotatable bonds is 5. The molecule has 1 aromatic heterocycles. The molecule has 1 aliphatic carbocycles. The van der Waals surface area contributed by atoms with Crippen molar-refractivity contribution in [1.82, 2.24) is 15.4 Å². The third-order valence-electron chi connectivity index (χ3n) is 5.23. The quantitative estimate of drug-likeness (QED) is 0.614. The van der Waals surface area contributed by atoms with E-state index in [-0.39, 0.29) is 5.88 Å². The minimum atomic E-state index is 0.138. The molecule has 0 unspecified atom stereocenters. The first-order valence-electron chi connectivity index (χ1n) is 11.2. The number of hydrazine groups is 1. The fraction of sp³-hybridized carbons (Fsp3) is 0.231. The Kier molecular flexibility index (Phi) is 7.17. The Hall–Kier alpha value is -4.20. The van der Waals surface area contributed by atoms with Gasteiger partial charge in [0, 0.05) is 36.5 Å². The highest BCUT2D eigenvalue weighted by Gasteiger charge is 2.26. The minimum absolute atomic E-state index is 0.138. The number of aromatic nitrogens is 1. The molecule has 4 rings (SSSR count). The van der Waals surface area contributed by atoms with Gasteiger partial charge in [0.15, 0.2) is 5.84 Å². The molecular weight excluding hydrogens is 428 g/mol. The molecule has 0 radical (unpaired) electrons. The van der Waals surface area contributed by atoms with Crippen LogP contribution < -0.4 is 10.2 Å². The molecule has 2 aliphatic heterocycles. The normalized spacial score (nSPS) is 22.3. The smallest absolute Gasteiger partial charge is 0.244 e. The Bertz CT molecular complexity index is 1210. The SMILES string of the molecule is C\C=C/C(=C\C)C1=C(\O)N2CC(=NC(=NC3=CC=C(Oc4ccncc4)CC=C3)N2)N=C(C)C\1. The van der Waals surface area contributed by atoms with Crippen LogP contribution in [0.4, 0.5) is 0 Å². The second-order valence-corrected chi connectivity index (χ2v) is 7.85. The van der Waals surface area contributed by atoms with Gasteiger partial charge >= 0.3 is 0 Å². The number of aliphatic imine (C=N–C) groups is 3. The number of pyridine rings is 1. The molecule has 34 heavy (non-hydrogen) atoms. The lowest BCUT2D eigenvalue weighted by atomic mass is 9.99. The van der Waals surface area contributed by atoms with E-state index in [1.54, 1.807) is 17.4 Å². The number of aliphatic hydroxyl groups is 1. The van der Waals surface area contributed by atoms with Crippen molar-refractivity contribution < 1.29 is 9.84 Å². The average Bonchev–Trinajstić information content (AvgIpc) is 3.05. The van der Waals surface area contributed by atoms with Crippen molar-refractivity contribution in [1.29, 1.82) is 0 Å². The third kappa shape index (κ3) is 5.58. The molecule has 3 heterocycles. The van der Waals surface area contributed by atoms with Gasteiger partial charge in [0.25, 0.3) is 0 Å². The zero-order valence-electron chi connectivity index (χ0n) is 19.6. The molecule has 8 heteroatoms. The average molecular weight is 457 g/mol.